The third kappa shape index (κ3) is 1.78. The molecule has 1 atom stereocenters. The maximum Gasteiger partial charge on any atom is 0.318 e. The van der Waals surface area contributed by atoms with E-state index in [1.165, 1.54) is 0 Å². The van der Waals surface area contributed by atoms with Crippen LogP contribution in [0, 0.1) is 46.5 Å². The summed E-state index contributed by atoms with van der Waals surface area (Å²) in [5, 5.41) is 0. The van der Waals surface area contributed by atoms with E-state index in [2.05, 4.69) is 0 Å². The van der Waals surface area contributed by atoms with Crippen LogP contribution >= 0.6 is 0 Å². The molecule has 0 radical (unpaired) electrons. The lowest BCUT2D eigenvalue weighted by Gasteiger charge is -2.45. The summed E-state index contributed by atoms with van der Waals surface area (Å²) in [7, 11) is 0. The molecule has 25 heavy (non-hydrogen) atoms. The first-order valence-corrected chi connectivity index (χ1v) is 6.16. The number of benzene rings is 2. The summed E-state index contributed by atoms with van der Waals surface area (Å²) >= 11 is 0. The topological polar surface area (TPSA) is 0 Å². The fraction of sp³-hybridized carbons (Fsp3) is 0.143. The third-order valence-corrected chi connectivity index (χ3v) is 3.81. The van der Waals surface area contributed by atoms with Crippen LogP contribution in [0.25, 0.3) is 0 Å². The average Bonchev–Trinajstić information content (AvgIpc) is 2.53. The van der Waals surface area contributed by atoms with E-state index < -0.39 is 80.9 Å². The highest BCUT2D eigenvalue weighted by atomic mass is 19.3. The quantitative estimate of drug-likeness (QED) is 0.367. The van der Waals surface area contributed by atoms with Crippen molar-refractivity contribution in [2.45, 2.75) is 11.6 Å². The summed E-state index contributed by atoms with van der Waals surface area (Å²) in [4.78, 5) is 0. The predicted octanol–water partition coefficient (Wildman–Crippen LogP) is 5.12. The summed E-state index contributed by atoms with van der Waals surface area (Å²) in [5.74, 6) is -26.2. The summed E-state index contributed by atoms with van der Waals surface area (Å²) in [6.45, 7) is 0. The summed E-state index contributed by atoms with van der Waals surface area (Å²) in [5.41, 5.74) is -12.3. The van der Waals surface area contributed by atoms with E-state index in [-0.39, 0.29) is 0 Å². The van der Waals surface area contributed by atoms with Crippen molar-refractivity contribution in [2.24, 2.45) is 0 Å². The lowest BCUT2D eigenvalue weighted by Crippen LogP contribution is -2.54. The molecule has 0 saturated carbocycles. The fourth-order valence-electron chi connectivity index (χ4n) is 2.67. The van der Waals surface area contributed by atoms with Gasteiger partial charge in [0.2, 0.25) is 5.67 Å². The minimum Gasteiger partial charge on any atom is -0.226 e. The SMILES string of the molecule is Fc1cc(F)c(F)c(C2(F)c3c(F)c(F)c(F)c(F)c3C2(F)F)c1F. The molecule has 0 nitrogen and oxygen atoms in total. The van der Waals surface area contributed by atoms with E-state index in [0.29, 0.717) is 0 Å². The zero-order valence-corrected chi connectivity index (χ0v) is 11.2. The van der Waals surface area contributed by atoms with Crippen LogP contribution in [-0.4, -0.2) is 0 Å². The molecule has 1 aliphatic rings. The van der Waals surface area contributed by atoms with Crippen LogP contribution in [0.15, 0.2) is 6.07 Å². The van der Waals surface area contributed by atoms with Crippen molar-refractivity contribution in [1.29, 1.82) is 0 Å². The molecule has 134 valence electrons. The van der Waals surface area contributed by atoms with Gasteiger partial charge in [0.1, 0.15) is 0 Å². The van der Waals surface area contributed by atoms with Gasteiger partial charge in [0.25, 0.3) is 0 Å². The fourth-order valence-corrected chi connectivity index (χ4v) is 2.67. The van der Waals surface area contributed by atoms with E-state index in [1.807, 2.05) is 0 Å². The van der Waals surface area contributed by atoms with Crippen molar-refractivity contribution in [3.63, 3.8) is 0 Å². The molecule has 0 heterocycles. The molecule has 1 aliphatic carbocycles. The second-order valence-corrected chi connectivity index (χ2v) is 5.08. The number of rotatable bonds is 1. The van der Waals surface area contributed by atoms with Crippen LogP contribution in [0.4, 0.5) is 48.3 Å². The predicted molar refractivity (Wildman–Crippen MR) is 58.3 cm³/mol. The molecule has 0 fully saturated rings. The molecule has 0 aliphatic heterocycles. The molecule has 11 heteroatoms. The molecule has 0 aromatic heterocycles. The standard InChI is InChI=1S/C14HF11/c15-2-1-3(16)8(18)6(7(2)17)13(23)4-5(14(13,24)25)10(20)12(22)11(21)9(4)19/h1H. The lowest BCUT2D eigenvalue weighted by molar-refractivity contribution is -0.170. The van der Waals surface area contributed by atoms with Crippen LogP contribution in [0.3, 0.4) is 0 Å². The molecular weight excluding hydrogens is 377 g/mol. The Balaban J connectivity index is 2.49. The van der Waals surface area contributed by atoms with Gasteiger partial charge in [-0.3, -0.25) is 0 Å². The normalized spacial score (nSPS) is 21.1. The highest BCUT2D eigenvalue weighted by Crippen LogP contribution is 2.65. The maximum atomic E-state index is 14.8. The van der Waals surface area contributed by atoms with E-state index in [9.17, 15) is 48.3 Å². The van der Waals surface area contributed by atoms with E-state index in [4.69, 9.17) is 0 Å². The Bertz CT molecular complexity index is 907. The van der Waals surface area contributed by atoms with Gasteiger partial charge in [-0.05, 0) is 0 Å². The molecule has 2 aromatic rings. The number of hydrogen-bond donors (Lipinski definition) is 0. The van der Waals surface area contributed by atoms with Crippen LogP contribution in [0.2, 0.25) is 0 Å². The molecule has 3 rings (SSSR count). The van der Waals surface area contributed by atoms with Crippen molar-refractivity contribution in [1.82, 2.24) is 0 Å². The van der Waals surface area contributed by atoms with Crippen molar-refractivity contribution >= 4 is 0 Å². The van der Waals surface area contributed by atoms with Crippen LogP contribution in [0.5, 0.6) is 0 Å². The third-order valence-electron chi connectivity index (χ3n) is 3.81. The Hall–Kier alpha value is -2.33. The smallest absolute Gasteiger partial charge is 0.226 e. The first-order chi connectivity index (χ1) is 11.4. The van der Waals surface area contributed by atoms with Gasteiger partial charge in [0.05, 0.1) is 16.7 Å². The van der Waals surface area contributed by atoms with Crippen LogP contribution in [0.1, 0.15) is 16.7 Å². The lowest BCUT2D eigenvalue weighted by atomic mass is 9.66. The zero-order valence-electron chi connectivity index (χ0n) is 11.2. The second-order valence-electron chi connectivity index (χ2n) is 5.08. The van der Waals surface area contributed by atoms with Crippen molar-refractivity contribution in [3.05, 3.63) is 69.3 Å². The number of halogens is 11. The van der Waals surface area contributed by atoms with Crippen molar-refractivity contribution in [3.8, 4) is 0 Å². The summed E-state index contributed by atoms with van der Waals surface area (Å²) in [6.07, 6.45) is 0. The van der Waals surface area contributed by atoms with E-state index >= 15 is 0 Å². The first kappa shape index (κ1) is 17.5. The average molecular weight is 378 g/mol. The molecule has 1 unspecified atom stereocenters. The Morgan fingerprint density at radius 2 is 0.880 bits per heavy atom. The van der Waals surface area contributed by atoms with Gasteiger partial charge in [-0.25, -0.2) is 39.5 Å². The Morgan fingerprint density at radius 1 is 0.480 bits per heavy atom. The van der Waals surface area contributed by atoms with Gasteiger partial charge in [-0.2, -0.15) is 8.78 Å². The molecule has 0 N–H and O–H groups in total. The number of fused-ring (bicyclic) bond motifs is 1. The minimum atomic E-state index is -5.36. The molecule has 2 aromatic carbocycles. The van der Waals surface area contributed by atoms with Gasteiger partial charge < -0.3 is 0 Å². The highest BCUT2D eigenvalue weighted by Gasteiger charge is 2.74. The zero-order chi connectivity index (χ0) is 19.1. The second kappa shape index (κ2) is 4.85. The molecule has 0 amide bonds. The van der Waals surface area contributed by atoms with Gasteiger partial charge >= 0.3 is 5.92 Å². The van der Waals surface area contributed by atoms with Gasteiger partial charge in [0, 0.05) is 6.07 Å². The number of alkyl halides is 3. The largest absolute Gasteiger partial charge is 0.318 e. The Labute approximate surface area is 130 Å². The molecule has 0 spiro atoms. The Kier molecular flexibility index (Phi) is 3.40. The van der Waals surface area contributed by atoms with Crippen molar-refractivity contribution in [2.75, 3.05) is 0 Å². The molecular formula is C14HF11. The highest BCUT2D eigenvalue weighted by molar-refractivity contribution is 5.58. The summed E-state index contributed by atoms with van der Waals surface area (Å²) in [6, 6.07) is -0.447. The van der Waals surface area contributed by atoms with Gasteiger partial charge in [-0.15, -0.1) is 0 Å². The Morgan fingerprint density at radius 3 is 1.32 bits per heavy atom. The van der Waals surface area contributed by atoms with Gasteiger partial charge in [0.15, 0.2) is 46.5 Å². The number of hydrogen-bond acceptors (Lipinski definition) is 0. The molecule has 0 bridgehead atoms. The van der Waals surface area contributed by atoms with Gasteiger partial charge in [-0.1, -0.05) is 0 Å². The van der Waals surface area contributed by atoms with E-state index in [0.717, 1.165) is 0 Å². The first-order valence-electron chi connectivity index (χ1n) is 6.16. The summed E-state index contributed by atoms with van der Waals surface area (Å²) < 4.78 is 150. The minimum absolute atomic E-state index is 0.447. The molecule has 0 saturated heterocycles. The van der Waals surface area contributed by atoms with Crippen molar-refractivity contribution < 1.29 is 48.3 Å². The van der Waals surface area contributed by atoms with Crippen LogP contribution < -0.4 is 0 Å². The maximum absolute atomic E-state index is 14.8. The van der Waals surface area contributed by atoms with E-state index in [1.54, 1.807) is 0 Å². The monoisotopic (exact) mass is 378 g/mol. The van der Waals surface area contributed by atoms with Crippen LogP contribution in [-0.2, 0) is 11.6 Å².